The first kappa shape index (κ1) is 17.6. The molecule has 0 aliphatic carbocycles. The summed E-state index contributed by atoms with van der Waals surface area (Å²) in [5.41, 5.74) is 6.92. The van der Waals surface area contributed by atoms with Gasteiger partial charge in [-0.3, -0.25) is 4.90 Å². The third-order valence-corrected chi connectivity index (χ3v) is 3.83. The molecule has 20 heavy (non-hydrogen) atoms. The monoisotopic (exact) mass is 344 g/mol. The van der Waals surface area contributed by atoms with Crippen LogP contribution in [-0.4, -0.2) is 24.5 Å². The van der Waals surface area contributed by atoms with Gasteiger partial charge in [0.2, 0.25) is 0 Å². The molecule has 0 heterocycles. The molecule has 0 aromatic heterocycles. The fourth-order valence-corrected chi connectivity index (χ4v) is 2.73. The maximum absolute atomic E-state index is 13.8. The second-order valence-electron chi connectivity index (χ2n) is 6.17. The van der Waals surface area contributed by atoms with Crippen molar-refractivity contribution in [1.29, 1.82) is 0 Å². The molecule has 0 saturated heterocycles. The molecule has 0 amide bonds. The van der Waals surface area contributed by atoms with Crippen LogP contribution >= 0.6 is 15.9 Å². The molecule has 114 valence electrons. The highest BCUT2D eigenvalue weighted by molar-refractivity contribution is 9.10. The Labute approximate surface area is 130 Å². The fourth-order valence-electron chi connectivity index (χ4n) is 2.48. The van der Waals surface area contributed by atoms with Crippen molar-refractivity contribution < 1.29 is 4.39 Å². The van der Waals surface area contributed by atoms with Crippen LogP contribution in [0.4, 0.5) is 4.39 Å². The summed E-state index contributed by atoms with van der Waals surface area (Å²) in [5.74, 6) is 0.890. The average Bonchev–Trinajstić information content (AvgIpc) is 2.33. The number of rotatable bonds is 7. The fraction of sp³-hybridized carbons (Fsp3) is 0.625. The predicted molar refractivity (Wildman–Crippen MR) is 87.1 cm³/mol. The number of hydrogen-bond acceptors (Lipinski definition) is 2. The van der Waals surface area contributed by atoms with E-state index < -0.39 is 0 Å². The van der Waals surface area contributed by atoms with Crippen molar-refractivity contribution >= 4 is 15.9 Å². The van der Waals surface area contributed by atoms with E-state index in [1.165, 1.54) is 0 Å². The summed E-state index contributed by atoms with van der Waals surface area (Å²) in [6, 6.07) is 5.38. The van der Waals surface area contributed by atoms with E-state index in [2.05, 4.69) is 48.5 Å². The Morgan fingerprint density at radius 2 is 1.70 bits per heavy atom. The SMILES string of the molecule is CC(C)CN(CC(C)C)C(CN)c1ccc(Br)c(F)c1. The van der Waals surface area contributed by atoms with Gasteiger partial charge in [-0.15, -0.1) is 0 Å². The van der Waals surface area contributed by atoms with Gasteiger partial charge in [0.1, 0.15) is 5.82 Å². The van der Waals surface area contributed by atoms with Gasteiger partial charge in [-0.1, -0.05) is 33.8 Å². The number of nitrogens with two attached hydrogens (primary N) is 1. The van der Waals surface area contributed by atoms with Crippen molar-refractivity contribution in [2.45, 2.75) is 33.7 Å². The molecule has 0 aliphatic heterocycles. The molecule has 1 rings (SSSR count). The first-order chi connectivity index (χ1) is 9.35. The van der Waals surface area contributed by atoms with Crippen LogP contribution in [-0.2, 0) is 0 Å². The molecule has 1 unspecified atom stereocenters. The van der Waals surface area contributed by atoms with Crippen molar-refractivity contribution in [2.75, 3.05) is 19.6 Å². The van der Waals surface area contributed by atoms with Crippen LogP contribution in [0.5, 0.6) is 0 Å². The summed E-state index contributed by atoms with van der Waals surface area (Å²) in [7, 11) is 0. The molecule has 1 aromatic carbocycles. The van der Waals surface area contributed by atoms with Crippen molar-refractivity contribution in [1.82, 2.24) is 4.90 Å². The summed E-state index contributed by atoms with van der Waals surface area (Å²) >= 11 is 3.20. The van der Waals surface area contributed by atoms with Crippen LogP contribution in [0.15, 0.2) is 22.7 Å². The normalized spacial score (nSPS) is 13.5. The van der Waals surface area contributed by atoms with E-state index in [0.717, 1.165) is 18.7 Å². The third-order valence-electron chi connectivity index (χ3n) is 3.19. The molecule has 0 saturated carbocycles. The molecule has 1 atom stereocenters. The molecule has 0 aliphatic rings. The Morgan fingerprint density at radius 1 is 1.15 bits per heavy atom. The number of halogens is 2. The van der Waals surface area contributed by atoms with E-state index in [4.69, 9.17) is 5.73 Å². The minimum absolute atomic E-state index is 0.0717. The van der Waals surface area contributed by atoms with Gasteiger partial charge in [0.05, 0.1) is 4.47 Å². The van der Waals surface area contributed by atoms with E-state index in [1.54, 1.807) is 12.1 Å². The van der Waals surface area contributed by atoms with Crippen LogP contribution in [0.2, 0.25) is 0 Å². The van der Waals surface area contributed by atoms with E-state index in [1.807, 2.05) is 6.07 Å². The lowest BCUT2D eigenvalue weighted by Crippen LogP contribution is -2.38. The Kier molecular flexibility index (Phi) is 7.13. The number of hydrogen-bond donors (Lipinski definition) is 1. The van der Waals surface area contributed by atoms with Crippen LogP contribution in [0.25, 0.3) is 0 Å². The molecule has 0 spiro atoms. The van der Waals surface area contributed by atoms with Crippen molar-refractivity contribution in [3.63, 3.8) is 0 Å². The number of nitrogens with zero attached hydrogens (tertiary/aromatic N) is 1. The van der Waals surface area contributed by atoms with Gasteiger partial charge >= 0.3 is 0 Å². The highest BCUT2D eigenvalue weighted by atomic mass is 79.9. The molecule has 2 nitrogen and oxygen atoms in total. The van der Waals surface area contributed by atoms with E-state index in [-0.39, 0.29) is 11.9 Å². The highest BCUT2D eigenvalue weighted by Gasteiger charge is 2.21. The lowest BCUT2D eigenvalue weighted by atomic mass is 10.0. The van der Waals surface area contributed by atoms with Gasteiger partial charge < -0.3 is 5.73 Å². The largest absolute Gasteiger partial charge is 0.329 e. The summed E-state index contributed by atoms with van der Waals surface area (Å²) in [6.07, 6.45) is 0. The first-order valence-corrected chi connectivity index (χ1v) is 8.03. The quantitative estimate of drug-likeness (QED) is 0.802. The Bertz CT molecular complexity index is 411. The van der Waals surface area contributed by atoms with Gasteiger partial charge in [-0.05, 0) is 45.5 Å². The second kappa shape index (κ2) is 8.11. The molecule has 0 bridgehead atoms. The average molecular weight is 345 g/mol. The minimum Gasteiger partial charge on any atom is -0.329 e. The van der Waals surface area contributed by atoms with E-state index in [0.29, 0.717) is 22.9 Å². The molecule has 1 aromatic rings. The number of benzene rings is 1. The lowest BCUT2D eigenvalue weighted by Gasteiger charge is -2.34. The highest BCUT2D eigenvalue weighted by Crippen LogP contribution is 2.25. The molecular formula is C16H26BrFN2. The Hall–Kier alpha value is -0.450. The maximum Gasteiger partial charge on any atom is 0.137 e. The molecular weight excluding hydrogens is 319 g/mol. The molecule has 0 fully saturated rings. The zero-order valence-electron chi connectivity index (χ0n) is 12.9. The van der Waals surface area contributed by atoms with Crippen LogP contribution < -0.4 is 5.73 Å². The van der Waals surface area contributed by atoms with E-state index >= 15 is 0 Å². The molecule has 0 radical (unpaired) electrons. The second-order valence-corrected chi connectivity index (χ2v) is 7.02. The molecule has 4 heteroatoms. The van der Waals surface area contributed by atoms with Gasteiger partial charge in [0.25, 0.3) is 0 Å². The van der Waals surface area contributed by atoms with Gasteiger partial charge in [0, 0.05) is 25.7 Å². The third kappa shape index (κ3) is 5.15. The van der Waals surface area contributed by atoms with Gasteiger partial charge in [-0.2, -0.15) is 0 Å². The standard InChI is InChI=1S/C16H26BrFN2/c1-11(2)9-20(10-12(3)4)16(8-19)13-5-6-14(17)15(18)7-13/h5-7,11-12,16H,8-10,19H2,1-4H3. The predicted octanol–water partition coefficient (Wildman–Crippen LogP) is 4.20. The smallest absolute Gasteiger partial charge is 0.137 e. The van der Waals surface area contributed by atoms with Crippen molar-refractivity contribution in [3.8, 4) is 0 Å². The van der Waals surface area contributed by atoms with Crippen LogP contribution in [0, 0.1) is 17.7 Å². The summed E-state index contributed by atoms with van der Waals surface area (Å²) < 4.78 is 14.3. The van der Waals surface area contributed by atoms with Crippen molar-refractivity contribution in [3.05, 3.63) is 34.1 Å². The lowest BCUT2D eigenvalue weighted by molar-refractivity contribution is 0.160. The summed E-state index contributed by atoms with van der Waals surface area (Å²) in [4.78, 5) is 2.37. The van der Waals surface area contributed by atoms with Gasteiger partial charge in [-0.25, -0.2) is 4.39 Å². The van der Waals surface area contributed by atoms with Crippen LogP contribution in [0.1, 0.15) is 39.3 Å². The first-order valence-electron chi connectivity index (χ1n) is 7.24. The zero-order chi connectivity index (χ0) is 15.3. The minimum atomic E-state index is -0.227. The van der Waals surface area contributed by atoms with Crippen LogP contribution in [0.3, 0.4) is 0 Å². The Morgan fingerprint density at radius 3 is 2.10 bits per heavy atom. The maximum atomic E-state index is 13.8. The summed E-state index contributed by atoms with van der Waals surface area (Å²) in [6.45, 7) is 11.2. The Balaban J connectivity index is 3.01. The topological polar surface area (TPSA) is 29.3 Å². The van der Waals surface area contributed by atoms with Gasteiger partial charge in [0.15, 0.2) is 0 Å². The molecule has 2 N–H and O–H groups in total. The van der Waals surface area contributed by atoms with E-state index in [9.17, 15) is 4.39 Å². The summed E-state index contributed by atoms with van der Waals surface area (Å²) in [5, 5.41) is 0. The zero-order valence-corrected chi connectivity index (χ0v) is 14.5. The van der Waals surface area contributed by atoms with Crippen molar-refractivity contribution in [2.24, 2.45) is 17.6 Å².